The molecule has 18 heteroatoms. The number of nitrogens with zero attached hydrogens (tertiary/aromatic N) is 15. The predicted octanol–water partition coefficient (Wildman–Crippen LogP) is 17.8. The van der Waals surface area contributed by atoms with Crippen molar-refractivity contribution in [2.75, 3.05) is 0 Å². The van der Waals surface area contributed by atoms with Crippen LogP contribution in [0.2, 0.25) is 0 Å². The summed E-state index contributed by atoms with van der Waals surface area (Å²) in [4.78, 5) is 29.1. The van der Waals surface area contributed by atoms with Crippen LogP contribution in [0.5, 0.6) is 11.5 Å². The lowest BCUT2D eigenvalue weighted by Gasteiger charge is -2.34. The Bertz CT molecular complexity index is 5170. The Morgan fingerprint density at radius 2 is 0.851 bits per heavy atom. The first-order chi connectivity index (χ1) is 49.9. The Hall–Kier alpha value is -12.2. The van der Waals surface area contributed by atoms with Crippen LogP contribution in [0, 0.1) is 13.8 Å². The zero-order valence-corrected chi connectivity index (χ0v) is 56.3. The Morgan fingerprint density at radius 1 is 0.426 bits per heavy atom. The third kappa shape index (κ3) is 13.1. The van der Waals surface area contributed by atoms with Crippen LogP contribution in [0.4, 0.5) is 0 Å². The molecule has 0 aliphatic heterocycles. The normalized spacial score (nSPS) is 13.6. The van der Waals surface area contributed by atoms with E-state index in [1.807, 2.05) is 67.3 Å². The van der Waals surface area contributed by atoms with E-state index in [2.05, 4.69) is 233 Å². The smallest absolute Gasteiger partial charge is 0.205 e. The number of benzene rings is 9. The minimum atomic E-state index is -0.857. The minimum Gasteiger partial charge on any atom is -0.489 e. The highest BCUT2D eigenvalue weighted by Crippen LogP contribution is 2.43. The van der Waals surface area contributed by atoms with Gasteiger partial charge >= 0.3 is 0 Å². The molecule has 2 saturated carbocycles. The summed E-state index contributed by atoms with van der Waals surface area (Å²) in [6, 6.07) is 74.1. The number of H-pyrrole nitrogens is 1. The van der Waals surface area contributed by atoms with Crippen molar-refractivity contribution in [1.29, 1.82) is 0 Å². The summed E-state index contributed by atoms with van der Waals surface area (Å²) in [5.41, 5.74) is 18.8. The van der Waals surface area contributed by atoms with Crippen LogP contribution >= 0.6 is 0 Å². The predicted molar refractivity (Wildman–Crippen MR) is 392 cm³/mol. The van der Waals surface area contributed by atoms with Crippen LogP contribution in [0.3, 0.4) is 0 Å². The highest BCUT2D eigenvalue weighted by molar-refractivity contribution is 5.86. The lowest BCUT2D eigenvalue weighted by molar-refractivity contribution is 0.306. The van der Waals surface area contributed by atoms with Crippen LogP contribution in [-0.2, 0) is 18.8 Å². The van der Waals surface area contributed by atoms with Crippen LogP contribution in [0.1, 0.15) is 115 Å². The van der Waals surface area contributed by atoms with E-state index >= 15 is 0 Å². The van der Waals surface area contributed by atoms with Gasteiger partial charge in [-0.2, -0.15) is 5.21 Å². The fraction of sp³-hybridized carbons (Fsp3) is 0.205. The lowest BCUT2D eigenvalue weighted by Crippen LogP contribution is -2.39. The Kier molecular flexibility index (Phi) is 18.1. The van der Waals surface area contributed by atoms with Gasteiger partial charge < -0.3 is 18.6 Å². The monoisotopic (exact) mass is 1330 g/mol. The molecule has 498 valence electrons. The number of hydrogen-bond acceptors (Lipinski definition) is 14. The molecule has 101 heavy (non-hydrogen) atoms. The second-order valence-electron chi connectivity index (χ2n) is 26.2. The van der Waals surface area contributed by atoms with Crippen LogP contribution in [0.15, 0.2) is 250 Å². The van der Waals surface area contributed by atoms with E-state index in [0.717, 1.165) is 143 Å². The number of ether oxygens (including phenoxy) is 2. The molecule has 9 aromatic carbocycles. The highest BCUT2D eigenvalue weighted by Gasteiger charge is 2.41. The van der Waals surface area contributed by atoms with Crippen LogP contribution < -0.4 is 9.47 Å². The minimum absolute atomic E-state index is 0.365. The molecule has 0 amide bonds. The zero-order valence-electron chi connectivity index (χ0n) is 56.3. The standard InChI is InChI=1S/C51H44N8O.C32H30N8O/c1-36-22-28-46(40-32-52-35-53-33-40)39(30-36)34-60-45-26-23-37(24-27-45)50-54-47-31-38(25-29-48(47)58(50)44-20-12-5-13-21-44)49-55-57-59(56-49)51(41-14-6-2-7-15-41,42-16-8-3-9-17-42)43-18-10-4-11-19-43;1-21-7-13-28(25-17-33-20-34-18-25)24(15-21)19-41-27-11-8-22(9-12-27)32-35-29-16-23(31-36-38-39-37-31)10-14-30(29)40(32)26-5-3-2-4-6-26/h2-4,6-11,14-19,22-33,35,44H,5,12-13,20-21,34H2,1H3;7-18,20,26H,2-6,19H2,1H3,(H,36,37,38,39). The highest BCUT2D eigenvalue weighted by atomic mass is 16.5. The molecule has 18 nitrogen and oxygen atoms in total. The van der Waals surface area contributed by atoms with E-state index in [9.17, 15) is 0 Å². The van der Waals surface area contributed by atoms with Gasteiger partial charge in [0.05, 0.1) is 22.1 Å². The molecule has 0 atom stereocenters. The maximum Gasteiger partial charge on any atom is 0.205 e. The summed E-state index contributed by atoms with van der Waals surface area (Å²) in [5.74, 6) is 4.65. The number of hydrogen-bond donors (Lipinski definition) is 1. The van der Waals surface area contributed by atoms with Crippen molar-refractivity contribution in [3.05, 3.63) is 289 Å². The van der Waals surface area contributed by atoms with E-state index in [1.54, 1.807) is 17.5 Å². The van der Waals surface area contributed by atoms with Crippen molar-refractivity contribution < 1.29 is 9.47 Å². The molecule has 6 aromatic heterocycles. The average molecular weight is 1330 g/mol. The Labute approximate surface area is 585 Å². The van der Waals surface area contributed by atoms with Gasteiger partial charge in [0.2, 0.25) is 11.6 Å². The molecule has 0 spiro atoms. The first-order valence-electron chi connectivity index (χ1n) is 34.8. The van der Waals surface area contributed by atoms with Crippen molar-refractivity contribution in [2.45, 2.75) is 109 Å². The quantitative estimate of drug-likeness (QED) is 0.0794. The number of aryl methyl sites for hydroxylation is 2. The average Bonchev–Trinajstić information content (AvgIpc) is 1.73. The van der Waals surface area contributed by atoms with Crippen molar-refractivity contribution in [3.8, 4) is 79.3 Å². The molecule has 2 aliphatic carbocycles. The molecule has 0 unspecified atom stereocenters. The first-order valence-corrected chi connectivity index (χ1v) is 34.8. The third-order valence-electron chi connectivity index (χ3n) is 19.7. The molecule has 6 heterocycles. The van der Waals surface area contributed by atoms with Gasteiger partial charge in [0, 0.05) is 70.3 Å². The fourth-order valence-electron chi connectivity index (χ4n) is 14.8. The lowest BCUT2D eigenvalue weighted by atomic mass is 9.77. The van der Waals surface area contributed by atoms with Gasteiger partial charge in [0.15, 0.2) is 5.54 Å². The number of imidazole rings is 2. The molecule has 0 saturated heterocycles. The third-order valence-corrected chi connectivity index (χ3v) is 19.7. The largest absolute Gasteiger partial charge is 0.489 e. The number of tetrazole rings is 2. The van der Waals surface area contributed by atoms with Crippen molar-refractivity contribution in [3.63, 3.8) is 0 Å². The van der Waals surface area contributed by atoms with Gasteiger partial charge in [-0.15, -0.1) is 25.2 Å². The maximum atomic E-state index is 6.39. The maximum absolute atomic E-state index is 6.39. The van der Waals surface area contributed by atoms with Crippen molar-refractivity contribution >= 4 is 22.1 Å². The summed E-state index contributed by atoms with van der Waals surface area (Å²) >= 11 is 0. The van der Waals surface area contributed by atoms with Crippen molar-refractivity contribution in [2.24, 2.45) is 0 Å². The summed E-state index contributed by atoms with van der Waals surface area (Å²) in [6.45, 7) is 5.06. The fourth-order valence-corrected chi connectivity index (χ4v) is 14.8. The first kappa shape index (κ1) is 63.6. The van der Waals surface area contributed by atoms with Gasteiger partial charge in [-0.1, -0.05) is 177 Å². The second kappa shape index (κ2) is 28.7. The van der Waals surface area contributed by atoms with Gasteiger partial charge in [0.25, 0.3) is 0 Å². The SMILES string of the molecule is Cc1ccc(-c2cncnc2)c(COc2ccc(-c3nc4cc(-c5nn[nH]n5)ccc4n3C3CCCCC3)cc2)c1.Cc1ccc(-c2cncnc2)c(COc2ccc(-c3nc4cc(-c5nnn(C(c6ccccc6)(c6ccccc6)c6ccccc6)n5)ccc4n3C3CCCCC3)cc2)c1. The van der Waals surface area contributed by atoms with Gasteiger partial charge in [-0.25, -0.2) is 29.9 Å². The van der Waals surface area contributed by atoms with Crippen LogP contribution in [0.25, 0.3) is 89.9 Å². The van der Waals surface area contributed by atoms with Gasteiger partial charge in [-0.05, 0) is 174 Å². The molecule has 0 radical (unpaired) electrons. The summed E-state index contributed by atoms with van der Waals surface area (Å²) in [5, 5.41) is 29.3. The molecule has 15 aromatic rings. The summed E-state index contributed by atoms with van der Waals surface area (Å²) in [7, 11) is 0. The van der Waals surface area contributed by atoms with E-state index in [0.29, 0.717) is 36.9 Å². The van der Waals surface area contributed by atoms with Gasteiger partial charge in [0.1, 0.15) is 49.0 Å². The molecule has 2 fully saturated rings. The zero-order chi connectivity index (χ0) is 67.9. The number of nitrogens with one attached hydrogen (secondary N) is 1. The second-order valence-corrected chi connectivity index (χ2v) is 26.2. The Morgan fingerprint density at radius 3 is 1.28 bits per heavy atom. The molecule has 17 rings (SSSR count). The molecular weight excluding hydrogens is 1250 g/mol. The van der Waals surface area contributed by atoms with Crippen molar-refractivity contribution in [1.82, 2.24) is 79.9 Å². The van der Waals surface area contributed by atoms with Crippen LogP contribution in [-0.4, -0.2) is 79.9 Å². The summed E-state index contributed by atoms with van der Waals surface area (Å²) in [6.07, 6.45) is 22.5. The molecule has 2 aliphatic rings. The number of fused-ring (bicyclic) bond motifs is 2. The molecule has 0 bridgehead atoms. The van der Waals surface area contributed by atoms with Gasteiger partial charge in [-0.3, -0.25) is 0 Å². The topological polar surface area (TPSA) is 204 Å². The number of aromatic nitrogens is 16. The van der Waals surface area contributed by atoms with E-state index in [1.165, 1.54) is 49.7 Å². The summed E-state index contributed by atoms with van der Waals surface area (Å²) < 4.78 is 17.6. The van der Waals surface area contributed by atoms with E-state index in [4.69, 9.17) is 34.9 Å². The van der Waals surface area contributed by atoms with E-state index < -0.39 is 5.54 Å². The number of aromatic amines is 1. The molecule has 1 N–H and O–H groups in total. The number of rotatable bonds is 18. The Balaban J connectivity index is 0.000000168. The molecular formula is C83H74N16O2. The van der Waals surface area contributed by atoms with E-state index in [-0.39, 0.29) is 0 Å².